The lowest BCUT2D eigenvalue weighted by molar-refractivity contribution is 0.554. The van der Waals surface area contributed by atoms with E-state index < -0.39 is 0 Å². The van der Waals surface area contributed by atoms with Crippen molar-refractivity contribution >= 4 is 21.7 Å². The lowest BCUT2D eigenvalue weighted by atomic mass is 9.89. The Labute approximate surface area is 128 Å². The van der Waals surface area contributed by atoms with E-state index in [0.29, 0.717) is 5.82 Å². The first-order chi connectivity index (χ1) is 9.24. The standard InChI is InChI=1S/C14H20BrN5/c1-8-10(15)13(16-5)18-12(17-8)9-7-20(6)19-11(9)14(2,3)4/h7H,1-6H3,(H,16,17,18). The van der Waals surface area contributed by atoms with E-state index in [-0.39, 0.29) is 5.41 Å². The molecule has 0 atom stereocenters. The summed E-state index contributed by atoms with van der Waals surface area (Å²) in [6, 6.07) is 0. The lowest BCUT2D eigenvalue weighted by Crippen LogP contribution is -2.14. The molecule has 0 saturated heterocycles. The van der Waals surface area contributed by atoms with E-state index >= 15 is 0 Å². The van der Waals surface area contributed by atoms with E-state index in [1.807, 2.05) is 31.9 Å². The molecule has 0 amide bonds. The number of nitrogens with one attached hydrogen (secondary N) is 1. The van der Waals surface area contributed by atoms with Crippen LogP contribution in [-0.4, -0.2) is 26.8 Å². The first-order valence-corrected chi connectivity index (χ1v) is 7.29. The number of hydrogen-bond acceptors (Lipinski definition) is 4. The van der Waals surface area contributed by atoms with E-state index in [2.05, 4.69) is 57.1 Å². The maximum atomic E-state index is 4.59. The molecule has 0 spiro atoms. The fourth-order valence-electron chi connectivity index (χ4n) is 2.05. The Balaban J connectivity index is 2.66. The topological polar surface area (TPSA) is 55.6 Å². The first kappa shape index (κ1) is 15.0. The van der Waals surface area contributed by atoms with Gasteiger partial charge < -0.3 is 5.32 Å². The highest BCUT2D eigenvalue weighted by atomic mass is 79.9. The van der Waals surface area contributed by atoms with Crippen LogP contribution in [0.4, 0.5) is 5.82 Å². The van der Waals surface area contributed by atoms with Gasteiger partial charge in [0, 0.05) is 25.7 Å². The maximum Gasteiger partial charge on any atom is 0.165 e. The molecular formula is C14H20BrN5. The van der Waals surface area contributed by atoms with Crippen LogP contribution in [0.5, 0.6) is 0 Å². The summed E-state index contributed by atoms with van der Waals surface area (Å²) in [5, 5.41) is 7.66. The second-order valence-corrected chi connectivity index (χ2v) is 6.65. The SMILES string of the molecule is CNc1nc(-c2cn(C)nc2C(C)(C)C)nc(C)c1Br. The van der Waals surface area contributed by atoms with Crippen molar-refractivity contribution in [2.45, 2.75) is 33.1 Å². The van der Waals surface area contributed by atoms with Gasteiger partial charge in [-0.2, -0.15) is 5.10 Å². The number of rotatable bonds is 2. The molecule has 6 heteroatoms. The molecular weight excluding hydrogens is 318 g/mol. The van der Waals surface area contributed by atoms with Crippen LogP contribution >= 0.6 is 15.9 Å². The van der Waals surface area contributed by atoms with Crippen molar-refractivity contribution in [2.75, 3.05) is 12.4 Å². The molecule has 0 aliphatic heterocycles. The van der Waals surface area contributed by atoms with Crippen LogP contribution in [0.15, 0.2) is 10.7 Å². The number of aryl methyl sites for hydroxylation is 2. The van der Waals surface area contributed by atoms with Crippen molar-refractivity contribution in [3.63, 3.8) is 0 Å². The average Bonchev–Trinajstić information content (AvgIpc) is 2.74. The molecule has 0 radical (unpaired) electrons. The quantitative estimate of drug-likeness (QED) is 0.913. The monoisotopic (exact) mass is 337 g/mol. The highest BCUT2D eigenvalue weighted by molar-refractivity contribution is 9.10. The minimum Gasteiger partial charge on any atom is -0.372 e. The Morgan fingerprint density at radius 3 is 2.45 bits per heavy atom. The van der Waals surface area contributed by atoms with Gasteiger partial charge in [-0.3, -0.25) is 4.68 Å². The zero-order chi connectivity index (χ0) is 15.1. The summed E-state index contributed by atoms with van der Waals surface area (Å²) < 4.78 is 2.71. The van der Waals surface area contributed by atoms with Gasteiger partial charge >= 0.3 is 0 Å². The summed E-state index contributed by atoms with van der Waals surface area (Å²) in [5.41, 5.74) is 2.83. The number of anilines is 1. The van der Waals surface area contributed by atoms with Crippen LogP contribution in [0, 0.1) is 6.92 Å². The van der Waals surface area contributed by atoms with Crippen molar-refractivity contribution in [2.24, 2.45) is 7.05 Å². The molecule has 5 nitrogen and oxygen atoms in total. The van der Waals surface area contributed by atoms with Gasteiger partial charge in [0.05, 0.1) is 21.4 Å². The Morgan fingerprint density at radius 1 is 1.25 bits per heavy atom. The Hall–Kier alpha value is -1.43. The van der Waals surface area contributed by atoms with Gasteiger partial charge in [0.2, 0.25) is 0 Å². The van der Waals surface area contributed by atoms with Gasteiger partial charge in [-0.25, -0.2) is 9.97 Å². The van der Waals surface area contributed by atoms with Crippen molar-refractivity contribution in [3.8, 4) is 11.4 Å². The molecule has 0 saturated carbocycles. The second kappa shape index (κ2) is 5.16. The largest absolute Gasteiger partial charge is 0.372 e. The van der Waals surface area contributed by atoms with Crippen molar-refractivity contribution in [1.29, 1.82) is 0 Å². The maximum absolute atomic E-state index is 4.59. The van der Waals surface area contributed by atoms with Crippen molar-refractivity contribution in [1.82, 2.24) is 19.7 Å². The van der Waals surface area contributed by atoms with Crippen LogP contribution < -0.4 is 5.32 Å². The van der Waals surface area contributed by atoms with E-state index in [4.69, 9.17) is 0 Å². The molecule has 2 heterocycles. The molecule has 0 bridgehead atoms. The summed E-state index contributed by atoms with van der Waals surface area (Å²) in [6.07, 6.45) is 1.97. The predicted molar refractivity (Wildman–Crippen MR) is 84.9 cm³/mol. The Morgan fingerprint density at radius 2 is 1.90 bits per heavy atom. The summed E-state index contributed by atoms with van der Waals surface area (Å²) in [7, 11) is 3.77. The molecule has 108 valence electrons. The molecule has 2 aromatic rings. The molecule has 2 aromatic heterocycles. The second-order valence-electron chi connectivity index (χ2n) is 5.86. The zero-order valence-electron chi connectivity index (χ0n) is 12.7. The van der Waals surface area contributed by atoms with Crippen LogP contribution in [0.1, 0.15) is 32.2 Å². The van der Waals surface area contributed by atoms with Crippen molar-refractivity contribution in [3.05, 3.63) is 22.1 Å². The summed E-state index contributed by atoms with van der Waals surface area (Å²) in [5.74, 6) is 1.49. The van der Waals surface area contributed by atoms with E-state index in [1.165, 1.54) is 0 Å². The molecule has 1 N–H and O–H groups in total. The Bertz CT molecular complexity index is 640. The van der Waals surface area contributed by atoms with Crippen LogP contribution in [0.25, 0.3) is 11.4 Å². The van der Waals surface area contributed by atoms with Crippen LogP contribution in [0.2, 0.25) is 0 Å². The molecule has 0 aromatic carbocycles. The summed E-state index contributed by atoms with van der Waals surface area (Å²) in [4.78, 5) is 9.17. The van der Waals surface area contributed by atoms with E-state index in [9.17, 15) is 0 Å². The molecule has 0 aliphatic rings. The Kier molecular flexibility index (Phi) is 3.86. The molecule has 0 fully saturated rings. The minimum atomic E-state index is -0.0548. The molecule has 2 rings (SSSR count). The predicted octanol–water partition coefficient (Wildman–Crippen LogP) is 3.29. The fourth-order valence-corrected chi connectivity index (χ4v) is 2.43. The van der Waals surface area contributed by atoms with Crippen molar-refractivity contribution < 1.29 is 0 Å². The number of hydrogen-bond donors (Lipinski definition) is 1. The van der Waals surface area contributed by atoms with E-state index in [0.717, 1.165) is 27.2 Å². The van der Waals surface area contributed by atoms with Gasteiger partial charge in [0.1, 0.15) is 5.82 Å². The highest BCUT2D eigenvalue weighted by Crippen LogP contribution is 2.32. The molecule has 0 unspecified atom stereocenters. The fraction of sp³-hybridized carbons (Fsp3) is 0.500. The number of nitrogens with zero attached hydrogens (tertiary/aromatic N) is 4. The van der Waals surface area contributed by atoms with E-state index in [1.54, 1.807) is 0 Å². The molecule has 20 heavy (non-hydrogen) atoms. The summed E-state index contributed by atoms with van der Waals surface area (Å²) >= 11 is 3.50. The zero-order valence-corrected chi connectivity index (χ0v) is 14.3. The van der Waals surface area contributed by atoms with Crippen LogP contribution in [-0.2, 0) is 12.5 Å². The third kappa shape index (κ3) is 2.70. The summed E-state index contributed by atoms with van der Waals surface area (Å²) in [6.45, 7) is 8.39. The van der Waals surface area contributed by atoms with Crippen LogP contribution in [0.3, 0.4) is 0 Å². The number of halogens is 1. The van der Waals surface area contributed by atoms with Gasteiger partial charge in [0.25, 0.3) is 0 Å². The average molecular weight is 338 g/mol. The van der Waals surface area contributed by atoms with Gasteiger partial charge in [-0.05, 0) is 22.9 Å². The third-order valence-electron chi connectivity index (χ3n) is 3.03. The lowest BCUT2D eigenvalue weighted by Gasteiger charge is -2.17. The number of aromatic nitrogens is 4. The highest BCUT2D eigenvalue weighted by Gasteiger charge is 2.25. The normalized spacial score (nSPS) is 11.8. The third-order valence-corrected chi connectivity index (χ3v) is 3.98. The first-order valence-electron chi connectivity index (χ1n) is 6.50. The van der Waals surface area contributed by atoms with Gasteiger partial charge in [0.15, 0.2) is 5.82 Å². The minimum absolute atomic E-state index is 0.0548. The molecule has 0 aliphatic carbocycles. The van der Waals surface area contributed by atoms with Gasteiger partial charge in [-0.15, -0.1) is 0 Å². The van der Waals surface area contributed by atoms with Gasteiger partial charge in [-0.1, -0.05) is 20.8 Å². The smallest absolute Gasteiger partial charge is 0.165 e.